The van der Waals surface area contributed by atoms with E-state index in [0.29, 0.717) is 30.6 Å². The molecule has 17 heavy (non-hydrogen) atoms. The third-order valence-electron chi connectivity index (χ3n) is 3.08. The Morgan fingerprint density at radius 2 is 2.24 bits per heavy atom. The highest BCUT2D eigenvalue weighted by molar-refractivity contribution is 5.79. The summed E-state index contributed by atoms with van der Waals surface area (Å²) in [6.07, 6.45) is 0.384. The van der Waals surface area contributed by atoms with Crippen molar-refractivity contribution in [3.63, 3.8) is 0 Å². The van der Waals surface area contributed by atoms with Gasteiger partial charge < -0.3 is 9.84 Å². The molecule has 1 aliphatic rings. The molecule has 2 rings (SSSR count). The average Bonchev–Trinajstić information content (AvgIpc) is 2.29. The lowest BCUT2D eigenvalue weighted by Crippen LogP contribution is -2.23. The van der Waals surface area contributed by atoms with Gasteiger partial charge in [-0.15, -0.1) is 0 Å². The minimum atomic E-state index is -0.615. The normalized spacial score (nSPS) is 23.0. The molecule has 0 fully saturated rings. The summed E-state index contributed by atoms with van der Waals surface area (Å²) in [5, 5.41) is 9.81. The number of halogens is 1. The first-order chi connectivity index (χ1) is 8.13. The number of hydrogen-bond acceptors (Lipinski definition) is 3. The van der Waals surface area contributed by atoms with Gasteiger partial charge in [-0.3, -0.25) is 4.79 Å². The number of fused-ring (bicyclic) bond motifs is 1. The number of carbonyl (C=O) groups is 1. The molecule has 92 valence electrons. The van der Waals surface area contributed by atoms with Crippen LogP contribution < -0.4 is 0 Å². The van der Waals surface area contributed by atoms with Crippen molar-refractivity contribution in [3.8, 4) is 0 Å². The number of esters is 1. The lowest BCUT2D eigenvalue weighted by Gasteiger charge is -2.27. The van der Waals surface area contributed by atoms with Crippen LogP contribution in [0.15, 0.2) is 18.2 Å². The predicted molar refractivity (Wildman–Crippen MR) is 60.0 cm³/mol. The number of ether oxygens (including phenoxy) is 1. The minimum absolute atomic E-state index is 0.308. The van der Waals surface area contributed by atoms with Crippen molar-refractivity contribution in [3.05, 3.63) is 35.1 Å². The van der Waals surface area contributed by atoms with Crippen LogP contribution >= 0.6 is 0 Å². The van der Waals surface area contributed by atoms with Crippen LogP contribution in [0.4, 0.5) is 4.39 Å². The molecule has 1 aromatic rings. The standard InChI is InChI=1S/C13H15FO3/c1-2-17-13(16)10-5-6-12(15)9-4-3-8(14)7-11(9)10/h3-4,7,10,12,15H,2,5-6H2,1H3. The van der Waals surface area contributed by atoms with E-state index in [1.165, 1.54) is 12.1 Å². The van der Waals surface area contributed by atoms with Crippen LogP contribution in [0.5, 0.6) is 0 Å². The first-order valence-electron chi connectivity index (χ1n) is 5.77. The molecule has 0 aromatic heterocycles. The van der Waals surface area contributed by atoms with Crippen LogP contribution in [0.25, 0.3) is 0 Å². The van der Waals surface area contributed by atoms with Gasteiger partial charge in [-0.05, 0) is 43.0 Å². The van der Waals surface area contributed by atoms with Crippen LogP contribution in [0.3, 0.4) is 0 Å². The van der Waals surface area contributed by atoms with E-state index in [-0.39, 0.29) is 5.97 Å². The number of rotatable bonds is 2. The van der Waals surface area contributed by atoms with Gasteiger partial charge in [0.2, 0.25) is 0 Å². The molecule has 0 radical (unpaired) electrons. The fourth-order valence-corrected chi connectivity index (χ4v) is 2.27. The van der Waals surface area contributed by atoms with E-state index in [2.05, 4.69) is 0 Å². The Balaban J connectivity index is 2.37. The third-order valence-corrected chi connectivity index (χ3v) is 3.08. The highest BCUT2D eigenvalue weighted by Crippen LogP contribution is 2.38. The molecule has 1 aliphatic carbocycles. The van der Waals surface area contributed by atoms with Crippen molar-refractivity contribution in [2.24, 2.45) is 0 Å². The largest absolute Gasteiger partial charge is 0.466 e. The molecule has 1 aromatic carbocycles. The van der Waals surface area contributed by atoms with Crippen LogP contribution in [-0.4, -0.2) is 17.7 Å². The Morgan fingerprint density at radius 3 is 2.94 bits per heavy atom. The highest BCUT2D eigenvalue weighted by atomic mass is 19.1. The number of carbonyl (C=O) groups excluding carboxylic acids is 1. The zero-order valence-corrected chi connectivity index (χ0v) is 9.65. The van der Waals surface area contributed by atoms with Gasteiger partial charge in [0, 0.05) is 0 Å². The molecule has 0 saturated heterocycles. The van der Waals surface area contributed by atoms with Crippen LogP contribution in [0.1, 0.15) is 42.9 Å². The smallest absolute Gasteiger partial charge is 0.313 e. The molecule has 0 amide bonds. The summed E-state index contributed by atoms with van der Waals surface area (Å²) in [5.74, 6) is -1.19. The quantitative estimate of drug-likeness (QED) is 0.804. The third kappa shape index (κ3) is 2.31. The van der Waals surface area contributed by atoms with Crippen molar-refractivity contribution >= 4 is 5.97 Å². The van der Waals surface area contributed by atoms with Gasteiger partial charge in [0.05, 0.1) is 18.6 Å². The molecule has 0 spiro atoms. The maximum atomic E-state index is 13.2. The van der Waals surface area contributed by atoms with Gasteiger partial charge in [-0.2, -0.15) is 0 Å². The Bertz CT molecular complexity index is 431. The lowest BCUT2D eigenvalue weighted by molar-refractivity contribution is -0.145. The summed E-state index contributed by atoms with van der Waals surface area (Å²) in [7, 11) is 0. The van der Waals surface area contributed by atoms with Gasteiger partial charge in [0.25, 0.3) is 0 Å². The molecular weight excluding hydrogens is 223 g/mol. The number of hydrogen-bond donors (Lipinski definition) is 1. The number of aliphatic hydroxyl groups excluding tert-OH is 1. The van der Waals surface area contributed by atoms with E-state index in [0.717, 1.165) is 0 Å². The second-order valence-electron chi connectivity index (χ2n) is 4.17. The maximum Gasteiger partial charge on any atom is 0.313 e. The van der Waals surface area contributed by atoms with Crippen LogP contribution in [0.2, 0.25) is 0 Å². The SMILES string of the molecule is CCOC(=O)C1CCC(O)c2ccc(F)cc21. The number of benzene rings is 1. The Hall–Kier alpha value is -1.42. The van der Waals surface area contributed by atoms with Crippen LogP contribution in [-0.2, 0) is 9.53 Å². The summed E-state index contributed by atoms with van der Waals surface area (Å²) in [6, 6.07) is 4.16. The second kappa shape index (κ2) is 4.84. The highest BCUT2D eigenvalue weighted by Gasteiger charge is 2.31. The van der Waals surface area contributed by atoms with Gasteiger partial charge in [-0.25, -0.2) is 4.39 Å². The lowest BCUT2D eigenvalue weighted by atomic mass is 9.81. The zero-order valence-electron chi connectivity index (χ0n) is 9.65. The van der Waals surface area contributed by atoms with Crippen molar-refractivity contribution in [1.29, 1.82) is 0 Å². The number of aliphatic hydroxyl groups is 1. The summed E-state index contributed by atoms with van der Waals surface area (Å²) in [5.41, 5.74) is 1.19. The zero-order chi connectivity index (χ0) is 12.4. The minimum Gasteiger partial charge on any atom is -0.466 e. The topological polar surface area (TPSA) is 46.5 Å². The molecule has 0 bridgehead atoms. The van der Waals surface area contributed by atoms with E-state index in [1.807, 2.05) is 0 Å². The van der Waals surface area contributed by atoms with Crippen molar-refractivity contribution in [2.45, 2.75) is 31.8 Å². The summed E-state index contributed by atoms with van der Waals surface area (Å²) in [6.45, 7) is 2.05. The molecule has 0 heterocycles. The molecule has 1 N–H and O–H groups in total. The Labute approximate surface area is 99.2 Å². The molecule has 0 aliphatic heterocycles. The molecule has 3 nitrogen and oxygen atoms in total. The fourth-order valence-electron chi connectivity index (χ4n) is 2.27. The van der Waals surface area contributed by atoms with Crippen LogP contribution in [0, 0.1) is 5.82 Å². The first-order valence-corrected chi connectivity index (χ1v) is 5.77. The molecule has 2 unspecified atom stereocenters. The van der Waals surface area contributed by atoms with Crippen molar-refractivity contribution in [1.82, 2.24) is 0 Å². The molecule has 0 saturated carbocycles. The van der Waals surface area contributed by atoms with Gasteiger partial charge >= 0.3 is 5.97 Å². The molecule has 4 heteroatoms. The first kappa shape index (κ1) is 12.0. The van der Waals surface area contributed by atoms with E-state index >= 15 is 0 Å². The van der Waals surface area contributed by atoms with Gasteiger partial charge in [0.1, 0.15) is 5.82 Å². The molecule has 2 atom stereocenters. The van der Waals surface area contributed by atoms with E-state index in [1.54, 1.807) is 13.0 Å². The average molecular weight is 238 g/mol. The summed E-state index contributed by atoms with van der Waals surface area (Å²) < 4.78 is 18.2. The second-order valence-corrected chi connectivity index (χ2v) is 4.17. The molecular formula is C13H15FO3. The predicted octanol–water partition coefficient (Wildman–Crippen LogP) is 2.30. The van der Waals surface area contributed by atoms with E-state index in [9.17, 15) is 14.3 Å². The Kier molecular flexibility index (Phi) is 3.43. The van der Waals surface area contributed by atoms with E-state index in [4.69, 9.17) is 4.74 Å². The monoisotopic (exact) mass is 238 g/mol. The summed E-state index contributed by atoms with van der Waals surface area (Å²) >= 11 is 0. The fraction of sp³-hybridized carbons (Fsp3) is 0.462. The van der Waals surface area contributed by atoms with E-state index < -0.39 is 17.8 Å². The summed E-state index contributed by atoms with van der Waals surface area (Å²) in [4.78, 5) is 11.8. The van der Waals surface area contributed by atoms with Crippen molar-refractivity contribution < 1.29 is 19.0 Å². The Morgan fingerprint density at radius 1 is 1.47 bits per heavy atom. The van der Waals surface area contributed by atoms with Gasteiger partial charge in [-0.1, -0.05) is 6.07 Å². The van der Waals surface area contributed by atoms with Crippen molar-refractivity contribution in [2.75, 3.05) is 6.61 Å². The maximum absolute atomic E-state index is 13.2. The van der Waals surface area contributed by atoms with Gasteiger partial charge in [0.15, 0.2) is 0 Å².